The molecule has 0 spiro atoms. The van der Waals surface area contributed by atoms with E-state index in [0.29, 0.717) is 12.1 Å². The molecule has 1 aromatic rings. The summed E-state index contributed by atoms with van der Waals surface area (Å²) in [6.45, 7) is 9.18. The van der Waals surface area contributed by atoms with Gasteiger partial charge in [-0.25, -0.2) is 0 Å². The van der Waals surface area contributed by atoms with Crippen molar-refractivity contribution >= 4 is 0 Å². The molecule has 1 saturated carbocycles. The molecule has 130 valence electrons. The second-order valence-corrected chi connectivity index (χ2v) is 7.91. The van der Waals surface area contributed by atoms with Crippen LogP contribution in [0.2, 0.25) is 0 Å². The molecule has 23 heavy (non-hydrogen) atoms. The van der Waals surface area contributed by atoms with Crippen LogP contribution >= 0.6 is 0 Å². The van der Waals surface area contributed by atoms with Crippen molar-refractivity contribution in [3.63, 3.8) is 0 Å². The van der Waals surface area contributed by atoms with E-state index < -0.39 is 0 Å². The molecule has 1 atom stereocenters. The SMILES string of the molecule is CC(C)n1cc(CNC2CCCN(CC3CCCCC3)C2)cn1. The van der Waals surface area contributed by atoms with Crippen molar-refractivity contribution in [3.05, 3.63) is 18.0 Å². The Morgan fingerprint density at radius 1 is 1.17 bits per heavy atom. The molecule has 2 aliphatic rings. The zero-order valence-electron chi connectivity index (χ0n) is 15.0. The van der Waals surface area contributed by atoms with E-state index in [1.54, 1.807) is 0 Å². The fourth-order valence-electron chi connectivity index (χ4n) is 4.14. The highest BCUT2D eigenvalue weighted by Gasteiger charge is 2.23. The topological polar surface area (TPSA) is 33.1 Å². The van der Waals surface area contributed by atoms with Crippen molar-refractivity contribution in [1.82, 2.24) is 20.0 Å². The highest BCUT2D eigenvalue weighted by Crippen LogP contribution is 2.25. The smallest absolute Gasteiger partial charge is 0.0534 e. The Balaban J connectivity index is 1.42. The van der Waals surface area contributed by atoms with Gasteiger partial charge in [0.2, 0.25) is 0 Å². The molecule has 0 bridgehead atoms. The Morgan fingerprint density at radius 3 is 2.74 bits per heavy atom. The summed E-state index contributed by atoms with van der Waals surface area (Å²) >= 11 is 0. The van der Waals surface area contributed by atoms with Crippen molar-refractivity contribution in [1.29, 1.82) is 0 Å². The molecule has 0 amide bonds. The first kappa shape index (κ1) is 17.0. The summed E-state index contributed by atoms with van der Waals surface area (Å²) in [5.41, 5.74) is 1.31. The molecule has 1 unspecified atom stereocenters. The van der Waals surface area contributed by atoms with Crippen molar-refractivity contribution < 1.29 is 0 Å². The molecular weight excluding hydrogens is 284 g/mol. The Bertz CT molecular complexity index is 462. The average molecular weight is 319 g/mol. The molecule has 1 saturated heterocycles. The molecule has 3 rings (SSSR count). The Kier molecular flexibility index (Phi) is 6.12. The van der Waals surface area contributed by atoms with Gasteiger partial charge in [-0.05, 0) is 52.0 Å². The molecule has 2 fully saturated rings. The van der Waals surface area contributed by atoms with Crippen LogP contribution in [0.4, 0.5) is 0 Å². The third-order valence-electron chi connectivity index (χ3n) is 5.53. The van der Waals surface area contributed by atoms with E-state index in [9.17, 15) is 0 Å². The maximum atomic E-state index is 4.44. The zero-order chi connectivity index (χ0) is 16.1. The monoisotopic (exact) mass is 318 g/mol. The minimum Gasteiger partial charge on any atom is -0.309 e. The fourth-order valence-corrected chi connectivity index (χ4v) is 4.14. The lowest BCUT2D eigenvalue weighted by Gasteiger charge is -2.36. The molecule has 1 N–H and O–H groups in total. The largest absolute Gasteiger partial charge is 0.309 e. The summed E-state index contributed by atoms with van der Waals surface area (Å²) in [7, 11) is 0. The average Bonchev–Trinajstić information content (AvgIpc) is 3.04. The van der Waals surface area contributed by atoms with Gasteiger partial charge in [-0.1, -0.05) is 19.3 Å². The molecule has 0 aromatic carbocycles. The van der Waals surface area contributed by atoms with Crippen LogP contribution in [0.5, 0.6) is 0 Å². The third-order valence-corrected chi connectivity index (χ3v) is 5.53. The number of likely N-dealkylation sites (tertiary alicyclic amines) is 1. The molecular formula is C19H34N4. The quantitative estimate of drug-likeness (QED) is 0.870. The molecule has 4 heteroatoms. The Labute approximate surface area is 141 Å². The minimum absolute atomic E-state index is 0.449. The van der Waals surface area contributed by atoms with Crippen LogP contribution in [-0.2, 0) is 6.54 Å². The van der Waals surface area contributed by atoms with Gasteiger partial charge in [0.25, 0.3) is 0 Å². The van der Waals surface area contributed by atoms with Crippen LogP contribution in [0, 0.1) is 5.92 Å². The summed E-state index contributed by atoms with van der Waals surface area (Å²) < 4.78 is 2.05. The van der Waals surface area contributed by atoms with Gasteiger partial charge < -0.3 is 10.2 Å². The first-order valence-corrected chi connectivity index (χ1v) is 9.69. The number of nitrogens with one attached hydrogen (secondary N) is 1. The standard InChI is InChI=1S/C19H34N4/c1-16(2)23-14-18(12-21-23)11-20-19-9-6-10-22(15-19)13-17-7-4-3-5-8-17/h12,14,16-17,19-20H,3-11,13,15H2,1-2H3. The molecule has 1 aliphatic carbocycles. The van der Waals surface area contributed by atoms with Crippen LogP contribution in [0.3, 0.4) is 0 Å². The molecule has 4 nitrogen and oxygen atoms in total. The van der Waals surface area contributed by atoms with Crippen LogP contribution in [0.15, 0.2) is 12.4 Å². The Hall–Kier alpha value is -0.870. The predicted octanol–water partition coefficient (Wildman–Crippen LogP) is 3.60. The number of piperidine rings is 1. The summed E-state index contributed by atoms with van der Waals surface area (Å²) in [5.74, 6) is 0.965. The summed E-state index contributed by atoms with van der Waals surface area (Å²) in [6, 6.07) is 1.10. The summed E-state index contributed by atoms with van der Waals surface area (Å²) in [6.07, 6.45) is 14.2. The maximum absolute atomic E-state index is 4.44. The van der Waals surface area contributed by atoms with Crippen LogP contribution in [0.1, 0.15) is 70.4 Å². The Morgan fingerprint density at radius 2 is 2.00 bits per heavy atom. The van der Waals surface area contributed by atoms with Crippen molar-refractivity contribution in [3.8, 4) is 0 Å². The van der Waals surface area contributed by atoms with Gasteiger partial charge in [-0.15, -0.1) is 0 Å². The molecule has 1 aliphatic heterocycles. The van der Waals surface area contributed by atoms with E-state index >= 15 is 0 Å². The van der Waals surface area contributed by atoms with Crippen LogP contribution in [-0.4, -0.2) is 40.4 Å². The molecule has 2 heterocycles. The van der Waals surface area contributed by atoms with E-state index in [0.717, 1.165) is 12.5 Å². The minimum atomic E-state index is 0.449. The lowest BCUT2D eigenvalue weighted by Crippen LogP contribution is -2.47. The number of hydrogen-bond donors (Lipinski definition) is 1. The number of hydrogen-bond acceptors (Lipinski definition) is 3. The van der Waals surface area contributed by atoms with Crippen LogP contribution in [0.25, 0.3) is 0 Å². The van der Waals surface area contributed by atoms with Gasteiger partial charge in [-0.3, -0.25) is 4.68 Å². The molecule has 1 aromatic heterocycles. The number of nitrogens with zero attached hydrogens (tertiary/aromatic N) is 3. The van der Waals surface area contributed by atoms with Gasteiger partial charge in [0, 0.05) is 43.5 Å². The lowest BCUT2D eigenvalue weighted by atomic mass is 9.88. The zero-order valence-corrected chi connectivity index (χ0v) is 15.0. The van der Waals surface area contributed by atoms with Crippen molar-refractivity contribution in [2.24, 2.45) is 5.92 Å². The van der Waals surface area contributed by atoms with E-state index in [-0.39, 0.29) is 0 Å². The van der Waals surface area contributed by atoms with Crippen LogP contribution < -0.4 is 5.32 Å². The highest BCUT2D eigenvalue weighted by atomic mass is 15.3. The number of rotatable bonds is 6. The van der Waals surface area contributed by atoms with Gasteiger partial charge in [0.1, 0.15) is 0 Å². The first-order chi connectivity index (χ1) is 11.2. The van der Waals surface area contributed by atoms with Crippen molar-refractivity contribution in [2.75, 3.05) is 19.6 Å². The second-order valence-electron chi connectivity index (χ2n) is 7.91. The van der Waals surface area contributed by atoms with Gasteiger partial charge in [-0.2, -0.15) is 5.10 Å². The summed E-state index contributed by atoms with van der Waals surface area (Å²) in [5, 5.41) is 8.20. The fraction of sp³-hybridized carbons (Fsp3) is 0.842. The normalized spacial score (nSPS) is 24.4. The maximum Gasteiger partial charge on any atom is 0.0534 e. The van der Waals surface area contributed by atoms with Gasteiger partial charge in [0.05, 0.1) is 6.20 Å². The summed E-state index contributed by atoms with van der Waals surface area (Å²) in [4.78, 5) is 2.72. The van der Waals surface area contributed by atoms with E-state index in [1.165, 1.54) is 70.1 Å². The third kappa shape index (κ3) is 5.05. The second kappa shape index (κ2) is 8.29. The predicted molar refractivity (Wildman–Crippen MR) is 95.5 cm³/mol. The van der Waals surface area contributed by atoms with E-state index in [4.69, 9.17) is 0 Å². The van der Waals surface area contributed by atoms with E-state index in [1.807, 2.05) is 10.9 Å². The van der Waals surface area contributed by atoms with Crippen molar-refractivity contribution in [2.45, 2.75) is 77.4 Å². The van der Waals surface area contributed by atoms with Gasteiger partial charge in [0.15, 0.2) is 0 Å². The first-order valence-electron chi connectivity index (χ1n) is 9.69. The number of aromatic nitrogens is 2. The molecule has 0 radical (unpaired) electrons. The van der Waals surface area contributed by atoms with E-state index in [2.05, 4.69) is 35.4 Å². The van der Waals surface area contributed by atoms with Gasteiger partial charge >= 0.3 is 0 Å². The lowest BCUT2D eigenvalue weighted by molar-refractivity contribution is 0.149. The highest BCUT2D eigenvalue weighted by molar-refractivity contribution is 5.04.